The molecule has 0 saturated carbocycles. The highest BCUT2D eigenvalue weighted by Gasteiger charge is 2.21. The Morgan fingerprint density at radius 3 is 2.61 bits per heavy atom. The fraction of sp³-hybridized carbons (Fsp3) is 0.929. The molecule has 2 saturated heterocycles. The van der Waals surface area contributed by atoms with Crippen molar-refractivity contribution < 1.29 is 4.79 Å². The highest BCUT2D eigenvalue weighted by Crippen LogP contribution is 2.13. The molecule has 0 aliphatic carbocycles. The van der Waals surface area contributed by atoms with E-state index in [0.29, 0.717) is 11.9 Å². The monoisotopic (exact) mass is 253 g/mol. The van der Waals surface area contributed by atoms with Crippen LogP contribution in [0.5, 0.6) is 0 Å². The number of piperidine rings is 1. The summed E-state index contributed by atoms with van der Waals surface area (Å²) in [5.41, 5.74) is 0. The van der Waals surface area contributed by atoms with Gasteiger partial charge in [-0.15, -0.1) is 0 Å². The molecule has 4 nitrogen and oxygen atoms in total. The number of hydrogen-bond donors (Lipinski definition) is 1. The Hall–Kier alpha value is -0.610. The average molecular weight is 253 g/mol. The van der Waals surface area contributed by atoms with E-state index in [4.69, 9.17) is 0 Å². The van der Waals surface area contributed by atoms with E-state index in [2.05, 4.69) is 22.0 Å². The lowest BCUT2D eigenvalue weighted by molar-refractivity contribution is -0.133. The van der Waals surface area contributed by atoms with Crippen molar-refractivity contribution in [2.75, 3.05) is 39.3 Å². The van der Waals surface area contributed by atoms with Crippen molar-refractivity contribution in [3.63, 3.8) is 0 Å². The van der Waals surface area contributed by atoms with Crippen LogP contribution in [0, 0.1) is 0 Å². The summed E-state index contributed by atoms with van der Waals surface area (Å²) >= 11 is 0. The second-order valence-corrected chi connectivity index (χ2v) is 5.50. The second kappa shape index (κ2) is 7.10. The van der Waals surface area contributed by atoms with E-state index in [9.17, 15) is 4.79 Å². The van der Waals surface area contributed by atoms with Gasteiger partial charge in [0.15, 0.2) is 0 Å². The Bertz CT molecular complexity index is 256. The summed E-state index contributed by atoms with van der Waals surface area (Å²) < 4.78 is 0. The molecule has 1 N–H and O–H groups in total. The maximum atomic E-state index is 12.1. The van der Waals surface area contributed by atoms with E-state index in [1.54, 1.807) is 0 Å². The van der Waals surface area contributed by atoms with Crippen molar-refractivity contribution in [3.8, 4) is 0 Å². The van der Waals surface area contributed by atoms with Crippen LogP contribution in [-0.2, 0) is 4.79 Å². The molecule has 1 atom stereocenters. The molecule has 104 valence electrons. The fourth-order valence-corrected chi connectivity index (χ4v) is 2.94. The van der Waals surface area contributed by atoms with Gasteiger partial charge in [0.25, 0.3) is 0 Å². The highest BCUT2D eigenvalue weighted by molar-refractivity contribution is 5.76. The molecule has 2 heterocycles. The van der Waals surface area contributed by atoms with Gasteiger partial charge in [-0.2, -0.15) is 0 Å². The normalized spacial score (nSPS) is 26.3. The molecule has 18 heavy (non-hydrogen) atoms. The third-order valence-corrected chi connectivity index (χ3v) is 4.29. The molecular weight excluding hydrogens is 226 g/mol. The summed E-state index contributed by atoms with van der Waals surface area (Å²) in [7, 11) is 0. The lowest BCUT2D eigenvalue weighted by Crippen LogP contribution is -2.48. The molecule has 0 radical (unpaired) electrons. The number of amides is 1. The van der Waals surface area contributed by atoms with E-state index in [0.717, 1.165) is 52.1 Å². The van der Waals surface area contributed by atoms with Crippen molar-refractivity contribution >= 4 is 5.91 Å². The van der Waals surface area contributed by atoms with Crippen LogP contribution >= 0.6 is 0 Å². The van der Waals surface area contributed by atoms with Gasteiger partial charge in [0.05, 0.1) is 0 Å². The second-order valence-electron chi connectivity index (χ2n) is 5.50. The van der Waals surface area contributed by atoms with Crippen LogP contribution in [0.25, 0.3) is 0 Å². The predicted octanol–water partition coefficient (Wildman–Crippen LogP) is 1.07. The van der Waals surface area contributed by atoms with Crippen LogP contribution in [0.4, 0.5) is 0 Å². The average Bonchev–Trinajstić information content (AvgIpc) is 2.46. The van der Waals surface area contributed by atoms with E-state index in [1.807, 2.05) is 0 Å². The van der Waals surface area contributed by atoms with E-state index < -0.39 is 0 Å². The van der Waals surface area contributed by atoms with Crippen LogP contribution in [0.3, 0.4) is 0 Å². The van der Waals surface area contributed by atoms with Crippen LogP contribution in [0.1, 0.15) is 39.0 Å². The van der Waals surface area contributed by atoms with Crippen LogP contribution in [-0.4, -0.2) is 61.0 Å². The zero-order valence-electron chi connectivity index (χ0n) is 11.7. The largest absolute Gasteiger partial charge is 0.340 e. The third-order valence-electron chi connectivity index (χ3n) is 4.29. The minimum Gasteiger partial charge on any atom is -0.340 e. The van der Waals surface area contributed by atoms with Crippen molar-refractivity contribution in [1.82, 2.24) is 15.1 Å². The number of carbonyl (C=O) groups excluding carboxylic acids is 1. The van der Waals surface area contributed by atoms with Gasteiger partial charge in [-0.25, -0.2) is 0 Å². The summed E-state index contributed by atoms with van der Waals surface area (Å²) in [5.74, 6) is 0.359. The summed E-state index contributed by atoms with van der Waals surface area (Å²) in [6.07, 6.45) is 5.61. The SMILES string of the molecule is CCN1CCN(C(=O)CCC2CCCCN2)CC1. The van der Waals surface area contributed by atoms with Gasteiger partial charge in [0.2, 0.25) is 5.91 Å². The molecule has 2 rings (SSSR count). The van der Waals surface area contributed by atoms with Gasteiger partial charge in [-0.05, 0) is 32.4 Å². The zero-order chi connectivity index (χ0) is 12.8. The van der Waals surface area contributed by atoms with Crippen molar-refractivity contribution in [1.29, 1.82) is 0 Å². The molecule has 0 aromatic rings. The minimum atomic E-state index is 0.359. The molecule has 0 aromatic carbocycles. The van der Waals surface area contributed by atoms with Crippen molar-refractivity contribution in [2.45, 2.75) is 45.1 Å². The maximum Gasteiger partial charge on any atom is 0.222 e. The number of hydrogen-bond acceptors (Lipinski definition) is 3. The Kier molecular flexibility index (Phi) is 5.45. The molecule has 1 amide bonds. The molecule has 2 aliphatic rings. The molecule has 2 aliphatic heterocycles. The van der Waals surface area contributed by atoms with Gasteiger partial charge >= 0.3 is 0 Å². The number of likely N-dealkylation sites (N-methyl/N-ethyl adjacent to an activating group) is 1. The first kappa shape index (κ1) is 13.8. The number of nitrogens with zero attached hydrogens (tertiary/aromatic N) is 2. The zero-order valence-corrected chi connectivity index (χ0v) is 11.7. The summed E-state index contributed by atoms with van der Waals surface area (Å²) in [5, 5.41) is 3.51. The standard InChI is InChI=1S/C14H27N3O/c1-2-16-9-11-17(12-10-16)14(18)7-6-13-5-3-4-8-15-13/h13,15H,2-12H2,1H3. The summed E-state index contributed by atoms with van der Waals surface area (Å²) in [6, 6.07) is 0.583. The number of carbonyl (C=O) groups is 1. The molecule has 1 unspecified atom stereocenters. The minimum absolute atomic E-state index is 0.359. The molecule has 0 aromatic heterocycles. The van der Waals surface area contributed by atoms with Crippen molar-refractivity contribution in [3.05, 3.63) is 0 Å². The molecule has 0 bridgehead atoms. The van der Waals surface area contributed by atoms with Crippen molar-refractivity contribution in [2.24, 2.45) is 0 Å². The Morgan fingerprint density at radius 1 is 1.22 bits per heavy atom. The molecule has 4 heteroatoms. The Morgan fingerprint density at radius 2 is 2.00 bits per heavy atom. The van der Waals surface area contributed by atoms with Gasteiger partial charge in [0, 0.05) is 38.6 Å². The predicted molar refractivity (Wildman–Crippen MR) is 73.6 cm³/mol. The lowest BCUT2D eigenvalue weighted by Gasteiger charge is -2.34. The van der Waals surface area contributed by atoms with Crippen LogP contribution in [0.2, 0.25) is 0 Å². The third kappa shape index (κ3) is 3.95. The first-order valence-electron chi connectivity index (χ1n) is 7.53. The molecule has 2 fully saturated rings. The van der Waals surface area contributed by atoms with Gasteiger partial charge in [0.1, 0.15) is 0 Å². The van der Waals surface area contributed by atoms with Gasteiger partial charge in [-0.1, -0.05) is 13.3 Å². The maximum absolute atomic E-state index is 12.1. The quantitative estimate of drug-likeness (QED) is 0.814. The summed E-state index contributed by atoms with van der Waals surface area (Å²) in [6.45, 7) is 8.36. The fourth-order valence-electron chi connectivity index (χ4n) is 2.94. The Labute approximate surface area is 111 Å². The smallest absolute Gasteiger partial charge is 0.222 e. The topological polar surface area (TPSA) is 35.6 Å². The first-order valence-corrected chi connectivity index (χ1v) is 7.53. The van der Waals surface area contributed by atoms with Gasteiger partial charge in [-0.3, -0.25) is 4.79 Å². The molecule has 0 spiro atoms. The lowest BCUT2D eigenvalue weighted by atomic mass is 10.0. The first-order chi connectivity index (χ1) is 8.79. The van der Waals surface area contributed by atoms with Gasteiger partial charge < -0.3 is 15.1 Å². The number of rotatable bonds is 4. The number of piperazine rings is 1. The summed E-state index contributed by atoms with van der Waals surface area (Å²) in [4.78, 5) is 16.6. The Balaban J connectivity index is 1.65. The van der Waals surface area contributed by atoms with Crippen LogP contribution in [0.15, 0.2) is 0 Å². The molecular formula is C14H27N3O. The van der Waals surface area contributed by atoms with E-state index in [1.165, 1.54) is 19.3 Å². The number of nitrogens with one attached hydrogen (secondary N) is 1. The van der Waals surface area contributed by atoms with E-state index in [-0.39, 0.29) is 0 Å². The van der Waals surface area contributed by atoms with Crippen LogP contribution < -0.4 is 5.32 Å². The highest BCUT2D eigenvalue weighted by atomic mass is 16.2. The van der Waals surface area contributed by atoms with E-state index >= 15 is 0 Å².